The lowest BCUT2D eigenvalue weighted by atomic mass is 9.90. The number of halogens is 1. The van der Waals surface area contributed by atoms with E-state index in [9.17, 15) is 0 Å². The second-order valence-corrected chi connectivity index (χ2v) is 4.23. The van der Waals surface area contributed by atoms with Crippen LogP contribution in [0.5, 0.6) is 0 Å². The minimum Gasteiger partial charge on any atom is -0.399 e. The van der Waals surface area contributed by atoms with Crippen LogP contribution in [0.1, 0.15) is 25.3 Å². The van der Waals surface area contributed by atoms with Crippen LogP contribution in [0.25, 0.3) is 0 Å². The summed E-state index contributed by atoms with van der Waals surface area (Å²) in [5, 5.41) is 1.04. The maximum atomic E-state index is 5.63. The summed E-state index contributed by atoms with van der Waals surface area (Å²) in [6, 6.07) is 8.15. The van der Waals surface area contributed by atoms with E-state index in [0.717, 1.165) is 11.0 Å². The number of benzene rings is 1. The van der Waals surface area contributed by atoms with Gasteiger partial charge in [0.05, 0.1) is 0 Å². The van der Waals surface area contributed by atoms with Crippen molar-refractivity contribution in [2.75, 3.05) is 11.1 Å². The lowest BCUT2D eigenvalue weighted by Gasteiger charge is -2.17. The fourth-order valence-corrected chi connectivity index (χ4v) is 1.82. The number of alkyl halides is 1. The smallest absolute Gasteiger partial charge is 0.0314 e. The molecule has 1 aromatic rings. The number of hydrogen-bond acceptors (Lipinski definition) is 1. The monoisotopic (exact) mass is 241 g/mol. The molecule has 0 saturated heterocycles. The maximum absolute atomic E-state index is 5.63. The molecule has 0 aliphatic heterocycles. The minimum absolute atomic E-state index is 0.583. The van der Waals surface area contributed by atoms with E-state index in [4.69, 9.17) is 5.73 Å². The average Bonchev–Trinajstić information content (AvgIpc) is 2.17. The van der Waals surface area contributed by atoms with Crippen LogP contribution in [0.4, 0.5) is 5.69 Å². The van der Waals surface area contributed by atoms with E-state index in [2.05, 4.69) is 41.9 Å². The molecule has 0 saturated carbocycles. The summed E-state index contributed by atoms with van der Waals surface area (Å²) in [5.41, 5.74) is 7.82. The molecular formula is C11H16BrN. The van der Waals surface area contributed by atoms with Gasteiger partial charge in [0.15, 0.2) is 0 Å². The molecule has 0 fully saturated rings. The average molecular weight is 242 g/mol. The van der Waals surface area contributed by atoms with Gasteiger partial charge in [-0.1, -0.05) is 41.9 Å². The Bertz CT molecular complexity index is 255. The van der Waals surface area contributed by atoms with Crippen molar-refractivity contribution in [1.82, 2.24) is 0 Å². The van der Waals surface area contributed by atoms with Gasteiger partial charge in [0.1, 0.15) is 0 Å². The van der Waals surface area contributed by atoms with Gasteiger partial charge in [0.25, 0.3) is 0 Å². The number of nitrogen functional groups attached to an aromatic ring is 1. The first-order valence-corrected chi connectivity index (χ1v) is 5.68. The molecule has 0 aliphatic carbocycles. The summed E-state index contributed by atoms with van der Waals surface area (Å²) >= 11 is 3.50. The van der Waals surface area contributed by atoms with Crippen LogP contribution < -0.4 is 5.73 Å². The van der Waals surface area contributed by atoms with Crippen LogP contribution in [0, 0.1) is 5.92 Å². The van der Waals surface area contributed by atoms with Crippen molar-refractivity contribution < 1.29 is 0 Å². The van der Waals surface area contributed by atoms with Crippen LogP contribution in [-0.2, 0) is 0 Å². The van der Waals surface area contributed by atoms with Gasteiger partial charge in [-0.15, -0.1) is 0 Å². The lowest BCUT2D eigenvalue weighted by Crippen LogP contribution is -2.07. The first kappa shape index (κ1) is 10.6. The highest BCUT2D eigenvalue weighted by Crippen LogP contribution is 2.25. The fraction of sp³-hybridized carbons (Fsp3) is 0.455. The van der Waals surface area contributed by atoms with Crippen LogP contribution in [0.15, 0.2) is 24.3 Å². The molecule has 1 rings (SSSR count). The molecule has 0 heterocycles. The van der Waals surface area contributed by atoms with Gasteiger partial charge < -0.3 is 5.73 Å². The Morgan fingerprint density at radius 1 is 1.23 bits per heavy atom. The second-order valence-electron chi connectivity index (χ2n) is 3.59. The van der Waals surface area contributed by atoms with Crippen molar-refractivity contribution in [3.8, 4) is 0 Å². The van der Waals surface area contributed by atoms with E-state index in [0.29, 0.717) is 11.8 Å². The Balaban J connectivity index is 2.77. The Morgan fingerprint density at radius 2 is 1.77 bits per heavy atom. The number of rotatable bonds is 3. The lowest BCUT2D eigenvalue weighted by molar-refractivity contribution is 0.547. The third-order valence-electron chi connectivity index (χ3n) is 2.56. The van der Waals surface area contributed by atoms with Gasteiger partial charge >= 0.3 is 0 Å². The maximum Gasteiger partial charge on any atom is 0.0314 e. The predicted molar refractivity (Wildman–Crippen MR) is 62.2 cm³/mol. The third kappa shape index (κ3) is 2.73. The highest BCUT2D eigenvalue weighted by molar-refractivity contribution is 9.09. The Kier molecular flexibility index (Phi) is 3.79. The molecule has 72 valence electrons. The molecule has 2 atom stereocenters. The molecule has 1 nitrogen and oxygen atoms in total. The zero-order valence-corrected chi connectivity index (χ0v) is 9.71. The predicted octanol–water partition coefficient (Wildman–Crippen LogP) is 3.40. The van der Waals surface area contributed by atoms with E-state index in [-0.39, 0.29) is 0 Å². The molecule has 0 spiro atoms. The highest BCUT2D eigenvalue weighted by atomic mass is 79.9. The number of hydrogen-bond donors (Lipinski definition) is 1. The topological polar surface area (TPSA) is 26.0 Å². The molecular weight excluding hydrogens is 226 g/mol. The van der Waals surface area contributed by atoms with Crippen molar-refractivity contribution >= 4 is 21.6 Å². The Hall–Kier alpha value is -0.500. The van der Waals surface area contributed by atoms with Crippen molar-refractivity contribution in [1.29, 1.82) is 0 Å². The number of anilines is 1. The van der Waals surface area contributed by atoms with Crippen molar-refractivity contribution in [3.63, 3.8) is 0 Å². The second kappa shape index (κ2) is 4.66. The van der Waals surface area contributed by atoms with Crippen molar-refractivity contribution in [2.24, 2.45) is 5.92 Å². The van der Waals surface area contributed by atoms with Gasteiger partial charge in [-0.05, 0) is 29.5 Å². The molecule has 2 N–H and O–H groups in total. The van der Waals surface area contributed by atoms with E-state index in [1.807, 2.05) is 12.1 Å². The van der Waals surface area contributed by atoms with E-state index < -0.39 is 0 Å². The molecule has 13 heavy (non-hydrogen) atoms. The SMILES string of the molecule is CC(CBr)C(C)c1ccc(N)cc1. The van der Waals surface area contributed by atoms with Crippen LogP contribution in [0.3, 0.4) is 0 Å². The molecule has 2 heteroatoms. The summed E-state index contributed by atoms with van der Waals surface area (Å²) in [4.78, 5) is 0. The Labute approximate surface area is 88.5 Å². The first-order chi connectivity index (χ1) is 6.15. The summed E-state index contributed by atoms with van der Waals surface area (Å²) in [7, 11) is 0. The standard InChI is InChI=1S/C11H16BrN/c1-8(7-12)9(2)10-3-5-11(13)6-4-10/h3-6,8-9H,7,13H2,1-2H3. The molecule has 0 aromatic heterocycles. The van der Waals surface area contributed by atoms with Crippen molar-refractivity contribution in [3.05, 3.63) is 29.8 Å². The van der Waals surface area contributed by atoms with Crippen LogP contribution in [0.2, 0.25) is 0 Å². The number of nitrogens with two attached hydrogens (primary N) is 1. The third-order valence-corrected chi connectivity index (χ3v) is 3.58. The van der Waals surface area contributed by atoms with Gasteiger partial charge in [0.2, 0.25) is 0 Å². The largest absolute Gasteiger partial charge is 0.399 e. The minimum atomic E-state index is 0.583. The Morgan fingerprint density at radius 3 is 2.23 bits per heavy atom. The quantitative estimate of drug-likeness (QED) is 0.638. The van der Waals surface area contributed by atoms with Crippen LogP contribution >= 0.6 is 15.9 Å². The molecule has 1 aromatic carbocycles. The van der Waals surface area contributed by atoms with E-state index in [1.165, 1.54) is 5.56 Å². The zero-order chi connectivity index (χ0) is 9.84. The summed E-state index contributed by atoms with van der Waals surface area (Å²) in [6.07, 6.45) is 0. The molecule has 2 unspecified atom stereocenters. The van der Waals surface area contributed by atoms with Gasteiger partial charge in [0, 0.05) is 11.0 Å². The first-order valence-electron chi connectivity index (χ1n) is 4.56. The molecule has 0 bridgehead atoms. The molecule has 0 radical (unpaired) electrons. The van der Waals surface area contributed by atoms with E-state index in [1.54, 1.807) is 0 Å². The fourth-order valence-electron chi connectivity index (χ4n) is 1.26. The zero-order valence-electron chi connectivity index (χ0n) is 8.13. The van der Waals surface area contributed by atoms with Gasteiger partial charge in [-0.3, -0.25) is 0 Å². The normalized spacial score (nSPS) is 15.3. The van der Waals surface area contributed by atoms with Crippen LogP contribution in [-0.4, -0.2) is 5.33 Å². The van der Waals surface area contributed by atoms with E-state index >= 15 is 0 Å². The summed E-state index contributed by atoms with van der Waals surface area (Å²) in [6.45, 7) is 4.49. The van der Waals surface area contributed by atoms with Crippen molar-refractivity contribution in [2.45, 2.75) is 19.8 Å². The molecule has 0 amide bonds. The summed E-state index contributed by atoms with van der Waals surface area (Å²) < 4.78 is 0. The molecule has 0 aliphatic rings. The van der Waals surface area contributed by atoms with Gasteiger partial charge in [-0.2, -0.15) is 0 Å². The highest BCUT2D eigenvalue weighted by Gasteiger charge is 2.12. The van der Waals surface area contributed by atoms with Gasteiger partial charge in [-0.25, -0.2) is 0 Å². The summed E-state index contributed by atoms with van der Waals surface area (Å²) in [5.74, 6) is 1.24.